The van der Waals surface area contributed by atoms with Crippen LogP contribution in [0.5, 0.6) is 0 Å². The molecule has 8 nitrogen and oxygen atoms in total. The van der Waals surface area contributed by atoms with Gasteiger partial charge in [-0.25, -0.2) is 4.79 Å². The first-order valence-corrected chi connectivity index (χ1v) is 11.5. The van der Waals surface area contributed by atoms with Crippen molar-refractivity contribution in [3.63, 3.8) is 0 Å². The van der Waals surface area contributed by atoms with Crippen molar-refractivity contribution in [2.75, 3.05) is 0 Å². The molecule has 0 saturated carbocycles. The third kappa shape index (κ3) is 5.88. The molecule has 3 aromatic rings. The number of H-pyrrole nitrogens is 1. The van der Waals surface area contributed by atoms with Gasteiger partial charge in [-0.1, -0.05) is 49.6 Å². The van der Waals surface area contributed by atoms with Crippen molar-refractivity contribution in [3.05, 3.63) is 61.5 Å². The number of nitrogens with one attached hydrogen (secondary N) is 2. The lowest BCUT2D eigenvalue weighted by atomic mass is 10.1. The van der Waals surface area contributed by atoms with Gasteiger partial charge in [-0.05, 0) is 43.4 Å². The molecule has 1 amide bonds. The number of nitrogens with zero attached hydrogens (tertiary/aromatic N) is 3. The fourth-order valence-electron chi connectivity index (χ4n) is 3.72. The molecule has 0 aliphatic carbocycles. The van der Waals surface area contributed by atoms with Crippen molar-refractivity contribution >= 4 is 28.7 Å². The minimum Gasteiger partial charge on any atom is -0.352 e. The molecule has 3 rings (SSSR count). The van der Waals surface area contributed by atoms with Crippen molar-refractivity contribution < 1.29 is 4.79 Å². The number of hydrogen-bond acceptors (Lipinski definition) is 4. The number of hydrogen-bond donors (Lipinski definition) is 2. The Labute approximate surface area is 191 Å². The van der Waals surface area contributed by atoms with Gasteiger partial charge in [0.25, 0.3) is 5.56 Å². The zero-order valence-electron chi connectivity index (χ0n) is 18.6. The van der Waals surface area contributed by atoms with Crippen LogP contribution in [0.2, 0.25) is 5.28 Å². The van der Waals surface area contributed by atoms with E-state index >= 15 is 0 Å². The fraction of sp³-hybridized carbons (Fsp3) is 0.478. The number of rotatable bonds is 11. The Morgan fingerprint density at radius 1 is 1.12 bits per heavy atom. The van der Waals surface area contributed by atoms with Crippen LogP contribution in [-0.2, 0) is 24.4 Å². The monoisotopic (exact) mass is 459 g/mol. The number of carbonyl (C=O) groups is 1. The highest BCUT2D eigenvalue weighted by Crippen LogP contribution is 2.11. The number of aryl methyl sites for hydroxylation is 2. The van der Waals surface area contributed by atoms with E-state index in [2.05, 4.69) is 22.2 Å². The van der Waals surface area contributed by atoms with Crippen LogP contribution in [0.4, 0.5) is 0 Å². The molecule has 2 heterocycles. The molecule has 0 spiro atoms. The fourth-order valence-corrected chi connectivity index (χ4v) is 3.90. The minimum absolute atomic E-state index is 0.0494. The number of unbranched alkanes of at least 4 members (excludes halogenated alkanes) is 3. The van der Waals surface area contributed by atoms with Gasteiger partial charge in [-0.2, -0.15) is 4.98 Å². The first kappa shape index (κ1) is 23.8. The molecule has 2 N–H and O–H groups in total. The van der Waals surface area contributed by atoms with Crippen LogP contribution in [0, 0.1) is 6.92 Å². The average molecular weight is 460 g/mol. The average Bonchev–Trinajstić information content (AvgIpc) is 3.16. The van der Waals surface area contributed by atoms with Gasteiger partial charge in [0.2, 0.25) is 11.2 Å². The summed E-state index contributed by atoms with van der Waals surface area (Å²) in [6.07, 6.45) is 4.25. The van der Waals surface area contributed by atoms with E-state index < -0.39 is 5.56 Å². The minimum atomic E-state index is -0.431. The molecule has 0 aliphatic rings. The lowest BCUT2D eigenvalue weighted by Crippen LogP contribution is -2.40. The second-order valence-electron chi connectivity index (χ2n) is 8.05. The molecule has 0 aliphatic heterocycles. The van der Waals surface area contributed by atoms with Gasteiger partial charge in [0, 0.05) is 26.1 Å². The van der Waals surface area contributed by atoms with Crippen molar-refractivity contribution in [1.82, 2.24) is 24.4 Å². The topological polar surface area (TPSA) is 102 Å². The summed E-state index contributed by atoms with van der Waals surface area (Å²) in [6, 6.07) is 7.99. The Morgan fingerprint density at radius 3 is 2.62 bits per heavy atom. The molecule has 1 aromatic carbocycles. The first-order chi connectivity index (χ1) is 15.4. The van der Waals surface area contributed by atoms with E-state index in [4.69, 9.17) is 11.6 Å². The molecule has 9 heteroatoms. The van der Waals surface area contributed by atoms with Crippen LogP contribution in [-0.4, -0.2) is 25.0 Å². The molecular formula is C23H30ClN5O3. The van der Waals surface area contributed by atoms with E-state index in [1.54, 1.807) is 0 Å². The number of aromatic nitrogens is 4. The summed E-state index contributed by atoms with van der Waals surface area (Å²) in [6.45, 7) is 5.30. The maximum atomic E-state index is 13.0. The van der Waals surface area contributed by atoms with Gasteiger partial charge < -0.3 is 10.3 Å². The van der Waals surface area contributed by atoms with E-state index in [0.29, 0.717) is 38.0 Å². The standard InChI is InChI=1S/C23H30ClN5O3/c1-3-4-6-12-28-20-19(26-22(24)27-20)21(31)29(23(28)32)13-7-5-11-18(30)25-15-17-10-8-9-16(2)14-17/h8-10,14H,3-7,11-13,15H2,1-2H3,(H,25,30)(H,26,27). The molecule has 0 atom stereocenters. The number of halogens is 1. The molecule has 0 radical (unpaired) electrons. The summed E-state index contributed by atoms with van der Waals surface area (Å²) in [4.78, 5) is 44.8. The summed E-state index contributed by atoms with van der Waals surface area (Å²) in [5.74, 6) is -0.0494. The Bertz CT molecular complexity index is 1190. The Balaban J connectivity index is 1.61. The van der Waals surface area contributed by atoms with Gasteiger partial charge in [-0.15, -0.1) is 0 Å². The largest absolute Gasteiger partial charge is 0.352 e. The van der Waals surface area contributed by atoms with Crippen LogP contribution < -0.4 is 16.6 Å². The number of amides is 1. The second kappa shape index (κ2) is 11.1. The predicted molar refractivity (Wildman–Crippen MR) is 126 cm³/mol. The van der Waals surface area contributed by atoms with Gasteiger partial charge >= 0.3 is 5.69 Å². The maximum absolute atomic E-state index is 13.0. The molecule has 0 saturated heterocycles. The highest BCUT2D eigenvalue weighted by atomic mass is 35.5. The summed E-state index contributed by atoms with van der Waals surface area (Å²) < 4.78 is 2.73. The molecular weight excluding hydrogens is 430 g/mol. The third-order valence-electron chi connectivity index (χ3n) is 5.43. The number of imidazole rings is 1. The third-order valence-corrected chi connectivity index (χ3v) is 5.60. The number of aromatic amines is 1. The van der Waals surface area contributed by atoms with E-state index in [9.17, 15) is 14.4 Å². The summed E-state index contributed by atoms with van der Waals surface area (Å²) in [5.41, 5.74) is 1.93. The maximum Gasteiger partial charge on any atom is 0.332 e. The van der Waals surface area contributed by atoms with Crippen LogP contribution in [0.3, 0.4) is 0 Å². The van der Waals surface area contributed by atoms with Gasteiger partial charge in [0.1, 0.15) is 0 Å². The molecule has 32 heavy (non-hydrogen) atoms. The smallest absolute Gasteiger partial charge is 0.332 e. The van der Waals surface area contributed by atoms with Gasteiger partial charge in [0.15, 0.2) is 11.2 Å². The zero-order chi connectivity index (χ0) is 23.1. The lowest BCUT2D eigenvalue weighted by molar-refractivity contribution is -0.121. The van der Waals surface area contributed by atoms with Gasteiger partial charge in [0.05, 0.1) is 0 Å². The molecule has 0 fully saturated rings. The van der Waals surface area contributed by atoms with Crippen molar-refractivity contribution in [3.8, 4) is 0 Å². The Morgan fingerprint density at radius 2 is 1.88 bits per heavy atom. The lowest BCUT2D eigenvalue weighted by Gasteiger charge is -2.11. The second-order valence-corrected chi connectivity index (χ2v) is 8.41. The van der Waals surface area contributed by atoms with Crippen molar-refractivity contribution in [1.29, 1.82) is 0 Å². The van der Waals surface area contributed by atoms with Gasteiger partial charge in [-0.3, -0.25) is 18.7 Å². The summed E-state index contributed by atoms with van der Waals surface area (Å²) in [7, 11) is 0. The first-order valence-electron chi connectivity index (χ1n) is 11.1. The van der Waals surface area contributed by atoms with E-state index in [-0.39, 0.29) is 28.9 Å². The van der Waals surface area contributed by atoms with E-state index in [0.717, 1.165) is 30.4 Å². The van der Waals surface area contributed by atoms with Crippen LogP contribution in [0.1, 0.15) is 56.6 Å². The Hall–Kier alpha value is -2.87. The molecule has 0 unspecified atom stereocenters. The van der Waals surface area contributed by atoms with Crippen LogP contribution >= 0.6 is 11.6 Å². The van der Waals surface area contributed by atoms with Crippen LogP contribution in [0.15, 0.2) is 33.9 Å². The van der Waals surface area contributed by atoms with Crippen molar-refractivity contribution in [2.45, 2.75) is 72.0 Å². The predicted octanol–water partition coefficient (Wildman–Crippen LogP) is 3.53. The highest BCUT2D eigenvalue weighted by Gasteiger charge is 2.16. The molecule has 2 aromatic heterocycles. The SMILES string of the molecule is CCCCCn1c(=O)n(CCCCC(=O)NCc2cccc(C)c2)c(=O)c2[nH]c(Cl)nc21. The summed E-state index contributed by atoms with van der Waals surface area (Å²) in [5, 5.41) is 3.00. The van der Waals surface area contributed by atoms with E-state index in [1.165, 1.54) is 9.13 Å². The number of benzene rings is 1. The van der Waals surface area contributed by atoms with Crippen molar-refractivity contribution in [2.24, 2.45) is 0 Å². The quantitative estimate of drug-likeness (QED) is 0.338. The molecule has 172 valence electrons. The summed E-state index contributed by atoms with van der Waals surface area (Å²) >= 11 is 5.96. The zero-order valence-corrected chi connectivity index (χ0v) is 19.4. The number of carbonyl (C=O) groups excluding carboxylic acids is 1. The highest BCUT2D eigenvalue weighted by molar-refractivity contribution is 6.28. The molecule has 0 bridgehead atoms. The van der Waals surface area contributed by atoms with E-state index in [1.807, 2.05) is 31.2 Å². The number of fused-ring (bicyclic) bond motifs is 1. The normalized spacial score (nSPS) is 11.2. The van der Waals surface area contributed by atoms with Crippen LogP contribution in [0.25, 0.3) is 11.2 Å². The Kier molecular flexibility index (Phi) is 8.27.